The summed E-state index contributed by atoms with van der Waals surface area (Å²) in [4.78, 5) is 28.5. The molecule has 0 fully saturated rings. The average Bonchev–Trinajstić information content (AvgIpc) is 3.34. The molecule has 2 aromatic carbocycles. The molecule has 0 bridgehead atoms. The second-order valence-electron chi connectivity index (χ2n) is 7.94. The Balaban J connectivity index is 1.73. The highest BCUT2D eigenvalue weighted by Crippen LogP contribution is 2.43. The van der Waals surface area contributed by atoms with Gasteiger partial charge in [0.1, 0.15) is 10.4 Å². The third-order valence-electron chi connectivity index (χ3n) is 5.87. The number of ketones is 1. The molecule has 0 saturated heterocycles. The second kappa shape index (κ2) is 9.65. The van der Waals surface area contributed by atoms with Crippen LogP contribution < -0.4 is 0 Å². The fourth-order valence-corrected chi connectivity index (χ4v) is 5.19. The van der Waals surface area contributed by atoms with Crippen LogP contribution in [0.1, 0.15) is 47.5 Å². The molecule has 1 heterocycles. The number of carbonyl (C=O) groups excluding carboxylic acids is 1. The predicted octanol–water partition coefficient (Wildman–Crippen LogP) is 6.91. The molecule has 1 aliphatic carbocycles. The number of hydrogen-bond donors (Lipinski definition) is 0. The third-order valence-corrected chi connectivity index (χ3v) is 7.12. The highest BCUT2D eigenvalue weighted by molar-refractivity contribution is 7.10. The van der Waals surface area contributed by atoms with E-state index in [0.29, 0.717) is 21.3 Å². The van der Waals surface area contributed by atoms with Gasteiger partial charge in [-0.3, -0.25) is 14.9 Å². The lowest BCUT2D eigenvalue weighted by atomic mass is 9.73. The van der Waals surface area contributed by atoms with E-state index in [1.165, 1.54) is 23.5 Å². The first-order valence-electron chi connectivity index (χ1n) is 10.5. The van der Waals surface area contributed by atoms with E-state index >= 15 is 0 Å². The Morgan fingerprint density at radius 3 is 2.52 bits per heavy atom. The molecule has 3 aromatic rings. The first kappa shape index (κ1) is 22.8. The number of nitrogens with zero attached hydrogens (tertiary/aromatic N) is 3. The first-order chi connectivity index (χ1) is 15.9. The Kier molecular flexibility index (Phi) is 6.68. The fraction of sp³-hybridized carbons (Fsp3) is 0.240. The van der Waals surface area contributed by atoms with Crippen LogP contribution in [0.25, 0.3) is 11.3 Å². The number of nitro groups is 1. The molecule has 1 aliphatic rings. The van der Waals surface area contributed by atoms with Crippen molar-refractivity contribution in [2.45, 2.75) is 37.5 Å². The predicted molar refractivity (Wildman–Crippen MR) is 128 cm³/mol. The molecule has 6 nitrogen and oxygen atoms in total. The molecule has 0 amide bonds. The molecule has 33 heavy (non-hydrogen) atoms. The van der Waals surface area contributed by atoms with Gasteiger partial charge in [0.25, 0.3) is 5.69 Å². The highest BCUT2D eigenvalue weighted by atomic mass is 35.5. The molecule has 4 rings (SSSR count). The minimum atomic E-state index is -1.15. The number of benzene rings is 2. The van der Waals surface area contributed by atoms with Crippen molar-refractivity contribution in [1.82, 2.24) is 4.98 Å². The lowest BCUT2D eigenvalue weighted by Crippen LogP contribution is -2.31. The summed E-state index contributed by atoms with van der Waals surface area (Å²) in [6, 6.07) is 15.3. The summed E-state index contributed by atoms with van der Waals surface area (Å²) < 4.78 is 0. The topological polar surface area (TPSA) is 96.9 Å². The van der Waals surface area contributed by atoms with Crippen molar-refractivity contribution in [3.05, 3.63) is 91.3 Å². The molecule has 0 N–H and O–H groups in total. The van der Waals surface area contributed by atoms with E-state index in [-0.39, 0.29) is 17.9 Å². The maximum absolute atomic E-state index is 13.2. The lowest BCUT2D eigenvalue weighted by Gasteiger charge is -2.29. The van der Waals surface area contributed by atoms with Crippen LogP contribution in [-0.4, -0.2) is 15.7 Å². The van der Waals surface area contributed by atoms with E-state index in [1.54, 1.807) is 36.4 Å². The van der Waals surface area contributed by atoms with E-state index in [0.717, 1.165) is 36.8 Å². The van der Waals surface area contributed by atoms with Gasteiger partial charge >= 0.3 is 0 Å². The van der Waals surface area contributed by atoms with E-state index in [2.05, 4.69) is 12.1 Å². The zero-order valence-electron chi connectivity index (χ0n) is 17.7. The molecule has 166 valence electrons. The van der Waals surface area contributed by atoms with Gasteiger partial charge in [-0.15, -0.1) is 11.3 Å². The fourth-order valence-electron chi connectivity index (χ4n) is 4.05. The van der Waals surface area contributed by atoms with Gasteiger partial charge in [0, 0.05) is 40.1 Å². The normalized spacial score (nSPS) is 15.2. The Morgan fingerprint density at radius 2 is 1.91 bits per heavy atom. The van der Waals surface area contributed by atoms with Crippen molar-refractivity contribution in [3.63, 3.8) is 0 Å². The van der Waals surface area contributed by atoms with Gasteiger partial charge in [-0.25, -0.2) is 4.98 Å². The average molecular weight is 478 g/mol. The van der Waals surface area contributed by atoms with Crippen LogP contribution in [0.15, 0.2) is 65.6 Å². The zero-order chi connectivity index (χ0) is 23.4. The molecule has 1 aromatic heterocycles. The number of nitriles is 1. The highest BCUT2D eigenvalue weighted by Gasteiger charge is 2.42. The van der Waals surface area contributed by atoms with E-state index in [9.17, 15) is 20.2 Å². The van der Waals surface area contributed by atoms with Gasteiger partial charge in [0.2, 0.25) is 0 Å². The maximum Gasteiger partial charge on any atom is 0.269 e. The number of allylic oxidation sites excluding steroid dienone is 2. The molecule has 1 unspecified atom stereocenters. The number of carbonyl (C=O) groups is 1. The number of hydrogen-bond acceptors (Lipinski definition) is 6. The van der Waals surface area contributed by atoms with Crippen molar-refractivity contribution in [1.29, 1.82) is 5.26 Å². The molecule has 0 saturated carbocycles. The number of rotatable bonds is 7. The van der Waals surface area contributed by atoms with Gasteiger partial charge in [0.05, 0.1) is 16.7 Å². The number of nitro benzene ring substituents is 1. The van der Waals surface area contributed by atoms with Gasteiger partial charge in [-0.2, -0.15) is 5.26 Å². The molecule has 8 heteroatoms. The smallest absolute Gasteiger partial charge is 0.269 e. The number of aromatic nitrogens is 1. The van der Waals surface area contributed by atoms with Crippen molar-refractivity contribution >= 4 is 34.4 Å². The van der Waals surface area contributed by atoms with Crippen LogP contribution in [0.4, 0.5) is 5.69 Å². The zero-order valence-corrected chi connectivity index (χ0v) is 19.2. The van der Waals surface area contributed by atoms with Gasteiger partial charge in [0.15, 0.2) is 5.78 Å². The van der Waals surface area contributed by atoms with Crippen LogP contribution in [0.3, 0.4) is 0 Å². The van der Waals surface area contributed by atoms with Crippen molar-refractivity contribution in [2.24, 2.45) is 0 Å². The standard InChI is InChI=1S/C25H20ClN3O3S/c26-20-10-6-18(7-11-20)23(30)14-25(16-27,19-4-2-1-3-5-19)24-28-22(15-33-24)17-8-12-21(13-9-17)29(31)32/h4,6-13,15H,1-3,5,14H2. The molecular weight excluding hydrogens is 458 g/mol. The van der Waals surface area contributed by atoms with E-state index in [4.69, 9.17) is 16.6 Å². The molecule has 0 radical (unpaired) electrons. The summed E-state index contributed by atoms with van der Waals surface area (Å²) in [5.74, 6) is -0.147. The SMILES string of the molecule is N#CC(CC(=O)c1ccc(Cl)cc1)(C1=CCCCC1)c1nc(-c2ccc([N+](=O)[O-])cc2)cs1. The van der Waals surface area contributed by atoms with Crippen LogP contribution >= 0.6 is 22.9 Å². The number of thiazole rings is 1. The molecular formula is C25H20ClN3O3S. The Bertz CT molecular complexity index is 1260. The Labute approximate surface area is 200 Å². The Hall–Kier alpha value is -3.34. The quantitative estimate of drug-likeness (QED) is 0.159. The van der Waals surface area contributed by atoms with Gasteiger partial charge in [-0.05, 0) is 67.7 Å². The number of Topliss-reactive ketones (excluding diaryl/α,β-unsaturated/α-hetero) is 1. The maximum atomic E-state index is 13.2. The third kappa shape index (κ3) is 4.72. The van der Waals surface area contributed by atoms with Crippen LogP contribution in [0.2, 0.25) is 5.02 Å². The summed E-state index contributed by atoms with van der Waals surface area (Å²) in [5.41, 5.74) is 1.63. The van der Waals surface area contributed by atoms with Crippen LogP contribution in [-0.2, 0) is 5.41 Å². The summed E-state index contributed by atoms with van der Waals surface area (Å²) in [6.07, 6.45) is 5.70. The van der Waals surface area contributed by atoms with E-state index < -0.39 is 10.3 Å². The minimum Gasteiger partial charge on any atom is -0.294 e. The summed E-state index contributed by atoms with van der Waals surface area (Å²) in [6.45, 7) is 0. The summed E-state index contributed by atoms with van der Waals surface area (Å²) in [7, 11) is 0. The van der Waals surface area contributed by atoms with Crippen molar-refractivity contribution < 1.29 is 9.72 Å². The Morgan fingerprint density at radius 1 is 1.18 bits per heavy atom. The van der Waals surface area contributed by atoms with Gasteiger partial charge < -0.3 is 0 Å². The van der Waals surface area contributed by atoms with Crippen molar-refractivity contribution in [3.8, 4) is 17.3 Å². The number of halogens is 1. The largest absolute Gasteiger partial charge is 0.294 e. The summed E-state index contributed by atoms with van der Waals surface area (Å²) in [5, 5.41) is 24.3. The van der Waals surface area contributed by atoms with Gasteiger partial charge in [-0.1, -0.05) is 17.7 Å². The first-order valence-corrected chi connectivity index (χ1v) is 11.8. The second-order valence-corrected chi connectivity index (χ2v) is 9.24. The lowest BCUT2D eigenvalue weighted by molar-refractivity contribution is -0.384. The molecule has 0 spiro atoms. The summed E-state index contributed by atoms with van der Waals surface area (Å²) >= 11 is 7.30. The van der Waals surface area contributed by atoms with Crippen molar-refractivity contribution in [2.75, 3.05) is 0 Å². The molecule has 1 atom stereocenters. The minimum absolute atomic E-state index is 0.00139. The monoisotopic (exact) mass is 477 g/mol. The van der Waals surface area contributed by atoms with E-state index in [1.807, 2.05) is 5.38 Å². The molecule has 0 aliphatic heterocycles. The number of non-ortho nitro benzene ring substituents is 1. The van der Waals surface area contributed by atoms with Crippen LogP contribution in [0, 0.1) is 21.4 Å². The van der Waals surface area contributed by atoms with Crippen LogP contribution in [0.5, 0.6) is 0 Å².